The van der Waals surface area contributed by atoms with E-state index in [4.69, 9.17) is 9.72 Å². The number of nitrogens with zero attached hydrogens (tertiary/aromatic N) is 4. The Morgan fingerprint density at radius 3 is 2.70 bits per heavy atom. The molecule has 1 atom stereocenters. The van der Waals surface area contributed by atoms with E-state index in [0.29, 0.717) is 6.61 Å². The van der Waals surface area contributed by atoms with Gasteiger partial charge >= 0.3 is 0 Å². The number of thiazole rings is 1. The number of piperidine rings is 1. The fourth-order valence-corrected chi connectivity index (χ4v) is 5.89. The normalized spacial score (nSPS) is 20.3. The third-order valence-corrected chi connectivity index (χ3v) is 7.76. The molecule has 0 bridgehead atoms. The second-order valence-electron chi connectivity index (χ2n) is 9.17. The number of aromatic nitrogens is 1. The lowest BCUT2D eigenvalue weighted by molar-refractivity contribution is -0.125. The van der Waals surface area contributed by atoms with Crippen molar-refractivity contribution < 1.29 is 9.53 Å². The molecule has 0 aliphatic carbocycles. The van der Waals surface area contributed by atoms with Gasteiger partial charge in [0, 0.05) is 45.8 Å². The third-order valence-electron chi connectivity index (χ3n) is 6.68. The molecule has 2 aliphatic heterocycles. The van der Waals surface area contributed by atoms with E-state index in [2.05, 4.69) is 33.0 Å². The first kappa shape index (κ1) is 24.2. The van der Waals surface area contributed by atoms with Crippen LogP contribution in [0.25, 0.3) is 10.2 Å². The first-order valence-corrected chi connectivity index (χ1v) is 13.5. The van der Waals surface area contributed by atoms with Gasteiger partial charge in [-0.3, -0.25) is 4.79 Å². The van der Waals surface area contributed by atoms with Gasteiger partial charge in [0.05, 0.1) is 22.7 Å². The van der Waals surface area contributed by atoms with Gasteiger partial charge in [-0.15, -0.1) is 0 Å². The molecule has 0 unspecified atom stereocenters. The summed E-state index contributed by atoms with van der Waals surface area (Å²) in [5.41, 5.74) is 1.00. The van der Waals surface area contributed by atoms with Crippen LogP contribution in [0.15, 0.2) is 18.2 Å². The van der Waals surface area contributed by atoms with Gasteiger partial charge in [0.1, 0.15) is 5.75 Å². The first-order valence-electron chi connectivity index (χ1n) is 12.7. The van der Waals surface area contributed by atoms with Crippen LogP contribution in [0.5, 0.6) is 5.75 Å². The quantitative estimate of drug-likeness (QED) is 0.534. The Bertz CT molecular complexity index is 896. The van der Waals surface area contributed by atoms with E-state index in [1.54, 1.807) is 11.3 Å². The molecule has 1 amide bonds. The Morgan fingerprint density at radius 2 is 1.94 bits per heavy atom. The standard InChI is InChI=1S/C25H39N5O2S/c1-3-11-28-14-16-29(17-15-28)12-6-10-26-24(31)20-7-5-13-30(19-20)25-27-22-9-8-21(32-4-2)18-23(22)33-25/h8-9,18,20H,3-7,10-17,19H2,1-2H3,(H,26,31)/t20-/m0/s1. The van der Waals surface area contributed by atoms with Crippen molar-refractivity contribution in [3.63, 3.8) is 0 Å². The van der Waals surface area contributed by atoms with Gasteiger partial charge in [-0.2, -0.15) is 0 Å². The van der Waals surface area contributed by atoms with Crippen molar-refractivity contribution in [2.24, 2.45) is 5.92 Å². The molecule has 1 aromatic heterocycles. The highest BCUT2D eigenvalue weighted by Crippen LogP contribution is 2.33. The molecule has 7 nitrogen and oxygen atoms in total. The summed E-state index contributed by atoms with van der Waals surface area (Å²) < 4.78 is 6.76. The van der Waals surface area contributed by atoms with Crippen LogP contribution in [-0.4, -0.2) is 86.2 Å². The molecule has 182 valence electrons. The smallest absolute Gasteiger partial charge is 0.224 e. The minimum absolute atomic E-state index is 0.0438. The maximum Gasteiger partial charge on any atom is 0.224 e. The fraction of sp³-hybridized carbons (Fsp3) is 0.680. The van der Waals surface area contributed by atoms with E-state index in [1.807, 2.05) is 19.1 Å². The molecule has 0 radical (unpaired) electrons. The molecule has 2 fully saturated rings. The number of ether oxygens (including phenoxy) is 1. The minimum atomic E-state index is 0.0438. The van der Waals surface area contributed by atoms with Crippen LogP contribution < -0.4 is 15.0 Å². The Balaban J connectivity index is 1.21. The molecular formula is C25H39N5O2S. The molecule has 4 rings (SSSR count). The lowest BCUT2D eigenvalue weighted by Crippen LogP contribution is -2.47. The summed E-state index contributed by atoms with van der Waals surface area (Å²) in [6.07, 6.45) is 4.25. The number of rotatable bonds is 10. The van der Waals surface area contributed by atoms with E-state index in [0.717, 1.165) is 79.6 Å². The first-order chi connectivity index (χ1) is 16.2. The van der Waals surface area contributed by atoms with Crippen molar-refractivity contribution in [1.82, 2.24) is 20.1 Å². The number of carbonyl (C=O) groups excluding carboxylic acids is 1. The number of nitrogens with one attached hydrogen (secondary N) is 1. The van der Waals surface area contributed by atoms with Gasteiger partial charge in [0.2, 0.25) is 5.91 Å². The fourth-order valence-electron chi connectivity index (χ4n) is 4.86. The number of amides is 1. The summed E-state index contributed by atoms with van der Waals surface area (Å²) in [6, 6.07) is 6.07. The number of anilines is 1. The van der Waals surface area contributed by atoms with Gasteiger partial charge in [-0.05, 0) is 63.9 Å². The highest BCUT2D eigenvalue weighted by atomic mass is 32.1. The number of hydrogen-bond acceptors (Lipinski definition) is 7. The Labute approximate surface area is 202 Å². The van der Waals surface area contributed by atoms with Gasteiger partial charge in [0.15, 0.2) is 5.13 Å². The molecule has 8 heteroatoms. The van der Waals surface area contributed by atoms with E-state index >= 15 is 0 Å². The summed E-state index contributed by atoms with van der Waals surface area (Å²) >= 11 is 1.69. The predicted molar refractivity (Wildman–Crippen MR) is 137 cm³/mol. The van der Waals surface area contributed by atoms with E-state index in [-0.39, 0.29) is 11.8 Å². The third kappa shape index (κ3) is 6.58. The van der Waals surface area contributed by atoms with E-state index in [1.165, 1.54) is 26.1 Å². The zero-order valence-electron chi connectivity index (χ0n) is 20.2. The largest absolute Gasteiger partial charge is 0.494 e. The van der Waals surface area contributed by atoms with E-state index < -0.39 is 0 Å². The molecule has 0 spiro atoms. The maximum absolute atomic E-state index is 12.8. The summed E-state index contributed by atoms with van der Waals surface area (Å²) in [4.78, 5) is 25.0. The molecule has 0 saturated carbocycles. The van der Waals surface area contributed by atoms with Crippen molar-refractivity contribution >= 4 is 32.6 Å². The zero-order chi connectivity index (χ0) is 23.0. The lowest BCUT2D eigenvalue weighted by Gasteiger charge is -2.34. The topological polar surface area (TPSA) is 60.9 Å². The highest BCUT2D eigenvalue weighted by Gasteiger charge is 2.27. The summed E-state index contributed by atoms with van der Waals surface area (Å²) in [6.45, 7) is 14.3. The van der Waals surface area contributed by atoms with Gasteiger partial charge in [-0.1, -0.05) is 18.3 Å². The predicted octanol–water partition coefficient (Wildman–Crippen LogP) is 3.45. The van der Waals surface area contributed by atoms with Crippen LogP contribution in [-0.2, 0) is 4.79 Å². The average Bonchev–Trinajstić information content (AvgIpc) is 3.27. The average molecular weight is 474 g/mol. The van der Waals surface area contributed by atoms with Crippen LogP contribution in [0.2, 0.25) is 0 Å². The van der Waals surface area contributed by atoms with Crippen LogP contribution >= 0.6 is 11.3 Å². The molecule has 3 heterocycles. The molecule has 2 saturated heterocycles. The van der Waals surface area contributed by atoms with E-state index in [9.17, 15) is 4.79 Å². The second-order valence-corrected chi connectivity index (χ2v) is 10.2. The lowest BCUT2D eigenvalue weighted by atomic mass is 9.97. The van der Waals surface area contributed by atoms with Gasteiger partial charge in [-0.25, -0.2) is 4.98 Å². The molecular weight excluding hydrogens is 434 g/mol. The number of piperazine rings is 1. The number of benzene rings is 1. The second kappa shape index (κ2) is 12.0. The summed E-state index contributed by atoms with van der Waals surface area (Å²) in [5, 5.41) is 4.22. The van der Waals surface area contributed by atoms with Crippen LogP contribution in [0.3, 0.4) is 0 Å². The zero-order valence-corrected chi connectivity index (χ0v) is 21.0. The van der Waals surface area contributed by atoms with Gasteiger partial charge < -0.3 is 24.8 Å². The molecule has 1 N–H and O–H groups in total. The summed E-state index contributed by atoms with van der Waals surface area (Å²) in [7, 11) is 0. The van der Waals surface area contributed by atoms with Crippen molar-refractivity contribution in [3.05, 3.63) is 18.2 Å². The number of hydrogen-bond donors (Lipinski definition) is 1. The van der Waals surface area contributed by atoms with Crippen LogP contribution in [0.4, 0.5) is 5.13 Å². The number of carbonyl (C=O) groups is 1. The minimum Gasteiger partial charge on any atom is -0.494 e. The van der Waals surface area contributed by atoms with Crippen molar-refractivity contribution in [1.29, 1.82) is 0 Å². The van der Waals surface area contributed by atoms with Crippen molar-refractivity contribution in [2.75, 3.05) is 70.4 Å². The molecule has 2 aliphatic rings. The highest BCUT2D eigenvalue weighted by molar-refractivity contribution is 7.22. The monoisotopic (exact) mass is 473 g/mol. The van der Waals surface area contributed by atoms with Crippen molar-refractivity contribution in [2.45, 2.75) is 39.5 Å². The Morgan fingerprint density at radius 1 is 1.15 bits per heavy atom. The molecule has 33 heavy (non-hydrogen) atoms. The maximum atomic E-state index is 12.8. The number of fused-ring (bicyclic) bond motifs is 1. The SMILES string of the molecule is CCCN1CCN(CCCNC(=O)[C@H]2CCCN(c3nc4ccc(OCC)cc4s3)C2)CC1. The molecule has 2 aromatic rings. The Kier molecular flexibility index (Phi) is 8.81. The van der Waals surface area contributed by atoms with Crippen molar-refractivity contribution in [3.8, 4) is 5.75 Å². The Hall–Kier alpha value is -1.90. The summed E-state index contributed by atoms with van der Waals surface area (Å²) in [5.74, 6) is 1.13. The van der Waals surface area contributed by atoms with Crippen LogP contribution in [0, 0.1) is 5.92 Å². The van der Waals surface area contributed by atoms with Gasteiger partial charge in [0.25, 0.3) is 0 Å². The van der Waals surface area contributed by atoms with Crippen LogP contribution in [0.1, 0.15) is 39.5 Å². The molecule has 1 aromatic carbocycles.